The molecule has 4 rings (SSSR count). The van der Waals surface area contributed by atoms with Crippen LogP contribution in [0.2, 0.25) is 0 Å². The summed E-state index contributed by atoms with van der Waals surface area (Å²) >= 11 is 0. The fraction of sp³-hybridized carbons (Fsp3) is 0.550. The number of aryl methyl sites for hydroxylation is 1. The predicted molar refractivity (Wildman–Crippen MR) is 100.0 cm³/mol. The summed E-state index contributed by atoms with van der Waals surface area (Å²) in [7, 11) is 0. The van der Waals surface area contributed by atoms with E-state index in [0.29, 0.717) is 49.4 Å². The first-order chi connectivity index (χ1) is 13.7. The molecule has 0 bridgehead atoms. The number of aromatic nitrogens is 2. The lowest BCUT2D eigenvalue weighted by Gasteiger charge is -2.28. The van der Waals surface area contributed by atoms with E-state index in [0.717, 1.165) is 39.0 Å². The lowest BCUT2D eigenvalue weighted by atomic mass is 10.0. The first kappa shape index (κ1) is 19.0. The molecular formula is C20H25FN4O3. The van der Waals surface area contributed by atoms with E-state index < -0.39 is 0 Å². The minimum absolute atomic E-state index is 0.211. The van der Waals surface area contributed by atoms with Crippen molar-refractivity contribution in [2.24, 2.45) is 5.92 Å². The molecule has 3 heterocycles. The fourth-order valence-electron chi connectivity index (χ4n) is 3.74. The second-order valence-corrected chi connectivity index (χ2v) is 7.44. The van der Waals surface area contributed by atoms with Gasteiger partial charge in [0.1, 0.15) is 5.82 Å². The molecule has 150 valence electrons. The van der Waals surface area contributed by atoms with Crippen LogP contribution in [0.3, 0.4) is 0 Å². The zero-order valence-electron chi connectivity index (χ0n) is 15.8. The fourth-order valence-corrected chi connectivity index (χ4v) is 3.74. The van der Waals surface area contributed by atoms with Gasteiger partial charge in [-0.05, 0) is 43.0 Å². The van der Waals surface area contributed by atoms with Crippen LogP contribution in [-0.2, 0) is 16.0 Å². The number of carbonyl (C=O) groups is 1. The Hall–Kier alpha value is -2.32. The number of hydrogen-bond donors (Lipinski definition) is 0. The molecular weight excluding hydrogens is 363 g/mol. The second-order valence-electron chi connectivity index (χ2n) is 7.44. The molecule has 1 aromatic heterocycles. The molecule has 2 aliphatic rings. The maximum atomic E-state index is 13.0. The predicted octanol–water partition coefficient (Wildman–Crippen LogP) is 1.99. The average Bonchev–Trinajstić information content (AvgIpc) is 3.37. The van der Waals surface area contributed by atoms with Gasteiger partial charge in [-0.25, -0.2) is 4.39 Å². The number of likely N-dealkylation sites (tertiary alicyclic amines) is 1. The number of morpholine rings is 1. The van der Waals surface area contributed by atoms with Crippen molar-refractivity contribution in [2.45, 2.75) is 19.3 Å². The number of hydrogen-bond acceptors (Lipinski definition) is 6. The summed E-state index contributed by atoms with van der Waals surface area (Å²) in [5.41, 5.74) is 0.709. The van der Waals surface area contributed by atoms with Crippen molar-refractivity contribution >= 4 is 5.91 Å². The lowest BCUT2D eigenvalue weighted by Crippen LogP contribution is -2.44. The van der Waals surface area contributed by atoms with E-state index in [2.05, 4.69) is 15.0 Å². The molecule has 2 saturated heterocycles. The molecule has 7 nitrogen and oxygen atoms in total. The molecule has 0 N–H and O–H groups in total. The minimum atomic E-state index is -0.294. The van der Waals surface area contributed by atoms with Crippen molar-refractivity contribution < 1.29 is 18.4 Å². The van der Waals surface area contributed by atoms with E-state index >= 15 is 0 Å². The minimum Gasteiger partial charge on any atom is -0.379 e. The smallest absolute Gasteiger partial charge is 0.257 e. The number of halogens is 1. The highest BCUT2D eigenvalue weighted by Gasteiger charge is 2.27. The average molecular weight is 388 g/mol. The Balaban J connectivity index is 1.23. The van der Waals surface area contributed by atoms with Gasteiger partial charge in [-0.2, -0.15) is 4.98 Å². The van der Waals surface area contributed by atoms with Crippen LogP contribution in [0.4, 0.5) is 4.39 Å². The van der Waals surface area contributed by atoms with Crippen LogP contribution in [-0.4, -0.2) is 71.8 Å². The van der Waals surface area contributed by atoms with Gasteiger partial charge in [-0.1, -0.05) is 5.16 Å². The van der Waals surface area contributed by atoms with Crippen LogP contribution in [0.1, 0.15) is 18.7 Å². The van der Waals surface area contributed by atoms with Crippen molar-refractivity contribution in [3.05, 3.63) is 35.9 Å². The SMILES string of the molecule is O=C(CN1CCOCC1)N1CCC(CCc2noc(-c3ccc(F)cc3)n2)C1. The molecule has 1 unspecified atom stereocenters. The van der Waals surface area contributed by atoms with Crippen molar-refractivity contribution in [2.75, 3.05) is 45.9 Å². The third kappa shape index (κ3) is 4.74. The molecule has 2 fully saturated rings. The highest BCUT2D eigenvalue weighted by atomic mass is 19.1. The summed E-state index contributed by atoms with van der Waals surface area (Å²) in [5, 5.41) is 4.03. The van der Waals surface area contributed by atoms with Gasteiger partial charge in [-0.15, -0.1) is 0 Å². The van der Waals surface area contributed by atoms with Crippen LogP contribution in [0, 0.1) is 11.7 Å². The molecule has 2 aromatic rings. The summed E-state index contributed by atoms with van der Waals surface area (Å²) in [6.07, 6.45) is 2.64. The zero-order chi connectivity index (χ0) is 19.3. The van der Waals surface area contributed by atoms with Gasteiger partial charge in [0.25, 0.3) is 5.89 Å². The number of rotatable bonds is 6. The Morgan fingerprint density at radius 1 is 1.18 bits per heavy atom. The second kappa shape index (κ2) is 8.79. The van der Waals surface area contributed by atoms with Crippen molar-refractivity contribution in [3.8, 4) is 11.5 Å². The van der Waals surface area contributed by atoms with Crippen LogP contribution in [0.15, 0.2) is 28.8 Å². The van der Waals surface area contributed by atoms with Crippen LogP contribution >= 0.6 is 0 Å². The third-order valence-electron chi connectivity index (χ3n) is 5.44. The number of amides is 1. The van der Waals surface area contributed by atoms with Crippen LogP contribution < -0.4 is 0 Å². The third-order valence-corrected chi connectivity index (χ3v) is 5.44. The normalized spacial score (nSPS) is 20.6. The van der Waals surface area contributed by atoms with Gasteiger partial charge in [0, 0.05) is 38.2 Å². The highest BCUT2D eigenvalue weighted by molar-refractivity contribution is 5.78. The first-order valence-electron chi connectivity index (χ1n) is 9.84. The van der Waals surface area contributed by atoms with Crippen molar-refractivity contribution in [1.82, 2.24) is 19.9 Å². The van der Waals surface area contributed by atoms with E-state index in [4.69, 9.17) is 9.26 Å². The highest BCUT2D eigenvalue weighted by Crippen LogP contribution is 2.23. The number of benzene rings is 1. The Bertz CT molecular complexity index is 789. The van der Waals surface area contributed by atoms with E-state index in [9.17, 15) is 9.18 Å². The molecule has 1 aromatic carbocycles. The van der Waals surface area contributed by atoms with Gasteiger partial charge in [-0.3, -0.25) is 9.69 Å². The van der Waals surface area contributed by atoms with Gasteiger partial charge >= 0.3 is 0 Å². The van der Waals surface area contributed by atoms with Gasteiger partial charge < -0.3 is 14.2 Å². The quantitative estimate of drug-likeness (QED) is 0.754. The van der Waals surface area contributed by atoms with Crippen LogP contribution in [0.25, 0.3) is 11.5 Å². The first-order valence-corrected chi connectivity index (χ1v) is 9.84. The van der Waals surface area contributed by atoms with Crippen LogP contribution in [0.5, 0.6) is 0 Å². The zero-order valence-corrected chi connectivity index (χ0v) is 15.8. The summed E-state index contributed by atoms with van der Waals surface area (Å²) in [6, 6.07) is 6.00. The molecule has 0 aliphatic carbocycles. The standard InChI is InChI=1S/C20H25FN4O3/c21-17-4-2-16(3-5-17)20-22-18(23-28-20)6-1-15-7-8-25(13-15)19(26)14-24-9-11-27-12-10-24/h2-5,15H,1,6-14H2. The maximum Gasteiger partial charge on any atom is 0.257 e. The molecule has 0 saturated carbocycles. The monoisotopic (exact) mass is 388 g/mol. The van der Waals surface area contributed by atoms with E-state index in [1.807, 2.05) is 4.90 Å². The summed E-state index contributed by atoms with van der Waals surface area (Å²) in [6.45, 7) is 5.18. The summed E-state index contributed by atoms with van der Waals surface area (Å²) in [4.78, 5) is 21.0. The summed E-state index contributed by atoms with van der Waals surface area (Å²) in [5.74, 6) is 1.43. The van der Waals surface area contributed by atoms with Gasteiger partial charge in [0.05, 0.1) is 19.8 Å². The van der Waals surface area contributed by atoms with Crippen molar-refractivity contribution in [1.29, 1.82) is 0 Å². The molecule has 8 heteroatoms. The maximum absolute atomic E-state index is 13.0. The Kier molecular flexibility index (Phi) is 5.97. The molecule has 0 radical (unpaired) electrons. The van der Waals surface area contributed by atoms with E-state index in [1.54, 1.807) is 12.1 Å². The van der Waals surface area contributed by atoms with E-state index in [-0.39, 0.29) is 11.7 Å². The molecule has 1 amide bonds. The topological polar surface area (TPSA) is 71.7 Å². The number of nitrogens with zero attached hydrogens (tertiary/aromatic N) is 4. The Labute approximate surface area is 163 Å². The summed E-state index contributed by atoms with van der Waals surface area (Å²) < 4.78 is 23.6. The van der Waals surface area contributed by atoms with Gasteiger partial charge in [0.2, 0.25) is 5.91 Å². The molecule has 1 atom stereocenters. The molecule has 2 aliphatic heterocycles. The number of ether oxygens (including phenoxy) is 1. The lowest BCUT2D eigenvalue weighted by molar-refractivity contribution is -0.132. The number of carbonyl (C=O) groups excluding carboxylic acids is 1. The van der Waals surface area contributed by atoms with E-state index in [1.165, 1.54) is 12.1 Å². The van der Waals surface area contributed by atoms with Gasteiger partial charge in [0.15, 0.2) is 5.82 Å². The van der Waals surface area contributed by atoms with Crippen molar-refractivity contribution in [3.63, 3.8) is 0 Å². The Morgan fingerprint density at radius 3 is 2.75 bits per heavy atom. The Morgan fingerprint density at radius 2 is 1.96 bits per heavy atom. The molecule has 0 spiro atoms. The largest absolute Gasteiger partial charge is 0.379 e. The molecule has 28 heavy (non-hydrogen) atoms.